The zero-order chi connectivity index (χ0) is 22.6. The lowest BCUT2D eigenvalue weighted by molar-refractivity contribution is -0.117. The number of hydrogen-bond acceptors (Lipinski definition) is 6. The smallest absolute Gasteiger partial charge is 0.338 e. The number of methoxy groups -OCH3 is 1. The molecule has 0 aliphatic carbocycles. The number of nitrogens with zero attached hydrogens (tertiary/aromatic N) is 1. The van der Waals surface area contributed by atoms with Gasteiger partial charge in [-0.25, -0.2) is 4.79 Å². The van der Waals surface area contributed by atoms with Crippen molar-refractivity contribution in [2.75, 3.05) is 32.3 Å². The predicted octanol–water partition coefficient (Wildman–Crippen LogP) is 4.30. The number of esters is 1. The van der Waals surface area contributed by atoms with Gasteiger partial charge in [-0.3, -0.25) is 4.79 Å². The molecule has 0 atom stereocenters. The molecule has 0 amide bonds. The Hall–Kier alpha value is -3.54. The molecule has 162 valence electrons. The summed E-state index contributed by atoms with van der Waals surface area (Å²) in [4.78, 5) is 27.0. The van der Waals surface area contributed by atoms with E-state index in [0.717, 1.165) is 16.9 Å². The first kappa shape index (κ1) is 22.2. The molecule has 2 aromatic carbocycles. The summed E-state index contributed by atoms with van der Waals surface area (Å²) in [6.07, 6.45) is 3.17. The fraction of sp³-hybridized carbons (Fsp3) is 0.280. The Labute approximate surface area is 182 Å². The van der Waals surface area contributed by atoms with Crippen molar-refractivity contribution >= 4 is 17.4 Å². The molecule has 0 saturated carbocycles. The number of para-hydroxylation sites is 1. The van der Waals surface area contributed by atoms with Crippen LogP contribution in [0, 0.1) is 0 Å². The first-order chi connectivity index (χ1) is 14.8. The van der Waals surface area contributed by atoms with E-state index in [2.05, 4.69) is 26.5 Å². The number of carbonyl (C=O) groups excluding carboxylic acids is 2. The summed E-state index contributed by atoms with van der Waals surface area (Å²) in [5.41, 5.74) is 3.03. The molecule has 31 heavy (non-hydrogen) atoms. The van der Waals surface area contributed by atoms with Gasteiger partial charge in [-0.15, -0.1) is 0 Å². The third kappa shape index (κ3) is 4.48. The molecule has 0 fully saturated rings. The van der Waals surface area contributed by atoms with Gasteiger partial charge in [0.25, 0.3) is 0 Å². The fourth-order valence-electron chi connectivity index (χ4n) is 3.74. The molecule has 6 heteroatoms. The highest BCUT2D eigenvalue weighted by Crippen LogP contribution is 2.46. The maximum absolute atomic E-state index is 12.6. The molecule has 1 aliphatic rings. The molecule has 0 N–H and O–H groups in total. The largest absolute Gasteiger partial charge is 0.493 e. The van der Waals surface area contributed by atoms with E-state index in [4.69, 9.17) is 14.2 Å². The van der Waals surface area contributed by atoms with E-state index >= 15 is 0 Å². The number of ether oxygens (including phenoxy) is 3. The quantitative estimate of drug-likeness (QED) is 0.360. The Morgan fingerprint density at radius 2 is 1.87 bits per heavy atom. The number of ketones is 1. The van der Waals surface area contributed by atoms with Crippen molar-refractivity contribution in [1.29, 1.82) is 0 Å². The molecule has 0 bridgehead atoms. The molecule has 0 aromatic heterocycles. The van der Waals surface area contributed by atoms with E-state index in [1.165, 1.54) is 13.2 Å². The van der Waals surface area contributed by atoms with E-state index in [1.807, 2.05) is 30.1 Å². The Balaban J connectivity index is 1.69. The molecule has 1 aliphatic heterocycles. The van der Waals surface area contributed by atoms with Crippen molar-refractivity contribution < 1.29 is 23.8 Å². The van der Waals surface area contributed by atoms with Crippen LogP contribution in [0.4, 0.5) is 5.69 Å². The van der Waals surface area contributed by atoms with Crippen LogP contribution in [0.2, 0.25) is 0 Å². The average molecular weight is 421 g/mol. The van der Waals surface area contributed by atoms with Crippen LogP contribution in [0.15, 0.2) is 66.9 Å². The summed E-state index contributed by atoms with van der Waals surface area (Å²) in [7, 11) is 3.42. The topological polar surface area (TPSA) is 65.1 Å². The summed E-state index contributed by atoms with van der Waals surface area (Å²) in [6.45, 7) is 7.71. The van der Waals surface area contributed by atoms with Crippen molar-refractivity contribution in [1.82, 2.24) is 0 Å². The van der Waals surface area contributed by atoms with Gasteiger partial charge in [0, 0.05) is 29.9 Å². The molecule has 0 unspecified atom stereocenters. The second-order valence-corrected chi connectivity index (χ2v) is 7.74. The van der Waals surface area contributed by atoms with E-state index < -0.39 is 5.97 Å². The molecule has 0 spiro atoms. The third-order valence-electron chi connectivity index (χ3n) is 5.34. The van der Waals surface area contributed by atoms with Crippen LogP contribution >= 0.6 is 0 Å². The summed E-state index contributed by atoms with van der Waals surface area (Å²) in [5, 5.41) is 0. The maximum Gasteiger partial charge on any atom is 0.338 e. The fourth-order valence-corrected chi connectivity index (χ4v) is 3.74. The van der Waals surface area contributed by atoms with Gasteiger partial charge in [0.1, 0.15) is 6.61 Å². The lowest BCUT2D eigenvalue weighted by Gasteiger charge is -2.23. The number of hydrogen-bond donors (Lipinski definition) is 0. The van der Waals surface area contributed by atoms with Crippen molar-refractivity contribution in [2.45, 2.75) is 19.3 Å². The van der Waals surface area contributed by atoms with Crippen LogP contribution in [-0.2, 0) is 14.9 Å². The molecule has 1 heterocycles. The first-order valence-corrected chi connectivity index (χ1v) is 9.96. The standard InChI is InChI=1S/C25H27NO5/c1-6-13-30-21-12-11-17(14-22(21)29-5)24(28)31-16-18(27)15-23-25(2,3)19-9-7-8-10-20(19)26(23)4/h6-12,14-15H,1,13,16H2,2-5H3/b23-15+. The van der Waals surface area contributed by atoms with Gasteiger partial charge in [0.05, 0.1) is 12.7 Å². The number of benzene rings is 2. The molecule has 6 nitrogen and oxygen atoms in total. The summed E-state index contributed by atoms with van der Waals surface area (Å²) in [6, 6.07) is 12.8. The lowest BCUT2D eigenvalue weighted by Crippen LogP contribution is -2.25. The van der Waals surface area contributed by atoms with Crippen LogP contribution in [-0.4, -0.2) is 39.1 Å². The molecule has 3 rings (SSSR count). The molecular weight excluding hydrogens is 394 g/mol. The van der Waals surface area contributed by atoms with Crippen LogP contribution in [0.5, 0.6) is 11.5 Å². The third-order valence-corrected chi connectivity index (χ3v) is 5.34. The number of anilines is 1. The van der Waals surface area contributed by atoms with Crippen LogP contribution in [0.3, 0.4) is 0 Å². The SMILES string of the molecule is C=CCOc1ccc(C(=O)OCC(=O)/C=C2/N(C)c3ccccc3C2(C)C)cc1OC. The average Bonchev–Trinajstić information content (AvgIpc) is 2.96. The summed E-state index contributed by atoms with van der Waals surface area (Å²) >= 11 is 0. The summed E-state index contributed by atoms with van der Waals surface area (Å²) < 4.78 is 16.0. The van der Waals surface area contributed by atoms with Crippen molar-refractivity contribution in [3.63, 3.8) is 0 Å². The highest BCUT2D eigenvalue weighted by Gasteiger charge is 2.38. The van der Waals surface area contributed by atoms with Gasteiger partial charge >= 0.3 is 5.97 Å². The van der Waals surface area contributed by atoms with Crippen LogP contribution in [0.25, 0.3) is 0 Å². The van der Waals surface area contributed by atoms with Gasteiger partial charge in [0.2, 0.25) is 0 Å². The lowest BCUT2D eigenvalue weighted by atomic mass is 9.83. The zero-order valence-corrected chi connectivity index (χ0v) is 18.3. The van der Waals surface area contributed by atoms with Crippen molar-refractivity contribution in [3.05, 3.63) is 78.0 Å². The number of rotatable bonds is 8. The molecular formula is C25H27NO5. The highest BCUT2D eigenvalue weighted by atomic mass is 16.5. The second-order valence-electron chi connectivity index (χ2n) is 7.74. The normalized spacial score (nSPS) is 15.4. The minimum Gasteiger partial charge on any atom is -0.493 e. The zero-order valence-electron chi connectivity index (χ0n) is 18.3. The number of allylic oxidation sites excluding steroid dienone is 1. The van der Waals surface area contributed by atoms with Crippen molar-refractivity contribution in [2.24, 2.45) is 0 Å². The number of carbonyl (C=O) groups is 2. The second kappa shape index (κ2) is 9.08. The van der Waals surface area contributed by atoms with E-state index in [9.17, 15) is 9.59 Å². The van der Waals surface area contributed by atoms with Gasteiger partial charge in [-0.1, -0.05) is 44.7 Å². The van der Waals surface area contributed by atoms with E-state index in [0.29, 0.717) is 18.1 Å². The Bertz CT molecular complexity index is 1040. The Kier molecular flexibility index (Phi) is 6.49. The summed E-state index contributed by atoms with van der Waals surface area (Å²) in [5.74, 6) is -0.000655. The Morgan fingerprint density at radius 1 is 1.13 bits per heavy atom. The van der Waals surface area contributed by atoms with E-state index in [1.54, 1.807) is 24.3 Å². The van der Waals surface area contributed by atoms with Crippen LogP contribution in [0.1, 0.15) is 29.8 Å². The molecule has 0 saturated heterocycles. The Morgan fingerprint density at radius 3 is 2.55 bits per heavy atom. The monoisotopic (exact) mass is 421 g/mol. The predicted molar refractivity (Wildman–Crippen MR) is 120 cm³/mol. The van der Waals surface area contributed by atoms with Crippen molar-refractivity contribution in [3.8, 4) is 11.5 Å². The van der Waals surface area contributed by atoms with Gasteiger partial charge in [-0.2, -0.15) is 0 Å². The highest BCUT2D eigenvalue weighted by molar-refractivity contribution is 5.96. The van der Waals surface area contributed by atoms with Gasteiger partial charge in [0.15, 0.2) is 23.9 Å². The molecule has 2 aromatic rings. The number of fused-ring (bicyclic) bond motifs is 1. The minimum atomic E-state index is -0.609. The first-order valence-electron chi connectivity index (χ1n) is 9.96. The maximum atomic E-state index is 12.6. The molecule has 0 radical (unpaired) electrons. The van der Waals surface area contributed by atoms with Crippen LogP contribution < -0.4 is 14.4 Å². The van der Waals surface area contributed by atoms with Gasteiger partial charge in [-0.05, 0) is 29.8 Å². The van der Waals surface area contributed by atoms with E-state index in [-0.39, 0.29) is 23.4 Å². The minimum absolute atomic E-state index is 0.272. The van der Waals surface area contributed by atoms with Gasteiger partial charge < -0.3 is 19.1 Å². The number of likely N-dealkylation sites (N-methyl/N-ethyl adjacent to an activating group) is 1.